The van der Waals surface area contributed by atoms with Gasteiger partial charge in [0.15, 0.2) is 0 Å². The molecule has 1 saturated heterocycles. The number of ether oxygens (including phenoxy) is 1. The Hall–Kier alpha value is -1.14. The second kappa shape index (κ2) is 6.15. The Bertz CT molecular complexity index is 321. The molecule has 0 aromatic rings. The third-order valence-electron chi connectivity index (χ3n) is 3.41. The molecule has 1 amide bonds. The summed E-state index contributed by atoms with van der Waals surface area (Å²) in [7, 11) is 0. The average Bonchev–Trinajstić information content (AvgIpc) is 2.69. The summed E-state index contributed by atoms with van der Waals surface area (Å²) in [5.74, 6) is -1.27. The second-order valence-corrected chi connectivity index (χ2v) is 5.01. The van der Waals surface area contributed by atoms with Gasteiger partial charge in [0.25, 0.3) is 0 Å². The predicted molar refractivity (Wildman–Crippen MR) is 66.2 cm³/mol. The first kappa shape index (κ1) is 14.9. The number of hydrogen-bond acceptors (Lipinski definition) is 4. The van der Waals surface area contributed by atoms with E-state index < -0.39 is 17.4 Å². The summed E-state index contributed by atoms with van der Waals surface area (Å²) >= 11 is 0. The van der Waals surface area contributed by atoms with E-state index in [0.29, 0.717) is 6.54 Å². The van der Waals surface area contributed by atoms with Crippen LogP contribution in [-0.4, -0.2) is 49.3 Å². The maximum Gasteiger partial charge on any atom is 0.313 e. The monoisotopic (exact) mass is 258 g/mol. The molecule has 3 atom stereocenters. The highest BCUT2D eigenvalue weighted by atomic mass is 16.5. The largest absolute Gasteiger partial charge is 0.481 e. The third kappa shape index (κ3) is 3.20. The van der Waals surface area contributed by atoms with E-state index >= 15 is 0 Å². The summed E-state index contributed by atoms with van der Waals surface area (Å²) in [6.45, 7) is 7.15. The van der Waals surface area contributed by atoms with Crippen LogP contribution in [0.1, 0.15) is 20.8 Å². The molecule has 104 valence electrons. The quantitative estimate of drug-likeness (QED) is 0.616. The maximum atomic E-state index is 11.9. The van der Waals surface area contributed by atoms with Crippen LogP contribution in [0.4, 0.5) is 0 Å². The lowest BCUT2D eigenvalue weighted by Gasteiger charge is -2.26. The molecule has 3 N–H and O–H groups in total. The van der Waals surface area contributed by atoms with Gasteiger partial charge in [-0.15, -0.1) is 0 Å². The zero-order chi connectivity index (χ0) is 13.8. The summed E-state index contributed by atoms with van der Waals surface area (Å²) in [5.41, 5.74) is -1.03. The predicted octanol–water partition coefficient (Wildman–Crippen LogP) is -0.162. The molecule has 0 spiro atoms. The van der Waals surface area contributed by atoms with Crippen molar-refractivity contribution in [3.8, 4) is 0 Å². The lowest BCUT2D eigenvalue weighted by atomic mass is 9.85. The molecule has 3 unspecified atom stereocenters. The summed E-state index contributed by atoms with van der Waals surface area (Å²) in [4.78, 5) is 23.1. The summed E-state index contributed by atoms with van der Waals surface area (Å²) in [6.07, 6.45) is 0. The molecule has 1 aliphatic rings. The third-order valence-corrected chi connectivity index (χ3v) is 3.41. The molecular weight excluding hydrogens is 236 g/mol. The topological polar surface area (TPSA) is 87.7 Å². The fourth-order valence-electron chi connectivity index (χ4n) is 1.85. The summed E-state index contributed by atoms with van der Waals surface area (Å²) in [6, 6.07) is -0.466. The van der Waals surface area contributed by atoms with Gasteiger partial charge >= 0.3 is 5.97 Å². The van der Waals surface area contributed by atoms with Crippen LogP contribution in [0.3, 0.4) is 0 Å². The van der Waals surface area contributed by atoms with Gasteiger partial charge in [-0.25, -0.2) is 0 Å². The van der Waals surface area contributed by atoms with Crippen LogP contribution in [0.2, 0.25) is 0 Å². The standard InChI is InChI=1S/C12H22N2O4/c1-4-13-5-8(2)10(15)14-9-6-18-7-12(9,3)11(16)17/h8-9,13H,4-7H2,1-3H3,(H,14,15)(H,16,17). The molecular formula is C12H22N2O4. The Morgan fingerprint density at radius 1 is 1.56 bits per heavy atom. The van der Waals surface area contributed by atoms with Crippen molar-refractivity contribution in [2.75, 3.05) is 26.3 Å². The minimum Gasteiger partial charge on any atom is -0.481 e. The molecule has 0 aliphatic carbocycles. The molecule has 6 heteroatoms. The Balaban J connectivity index is 2.56. The Labute approximate surface area is 107 Å². The molecule has 1 fully saturated rings. The first-order valence-electron chi connectivity index (χ1n) is 6.24. The van der Waals surface area contributed by atoms with Gasteiger partial charge in [0.05, 0.1) is 19.3 Å². The highest BCUT2D eigenvalue weighted by molar-refractivity contribution is 5.81. The van der Waals surface area contributed by atoms with Gasteiger partial charge in [-0.05, 0) is 13.5 Å². The van der Waals surface area contributed by atoms with Crippen molar-refractivity contribution >= 4 is 11.9 Å². The maximum absolute atomic E-state index is 11.9. The van der Waals surface area contributed by atoms with E-state index in [1.54, 1.807) is 6.92 Å². The molecule has 0 radical (unpaired) electrons. The van der Waals surface area contributed by atoms with E-state index in [-0.39, 0.29) is 25.0 Å². The van der Waals surface area contributed by atoms with Gasteiger partial charge in [-0.2, -0.15) is 0 Å². The van der Waals surface area contributed by atoms with Gasteiger partial charge in [0.1, 0.15) is 5.41 Å². The number of rotatable bonds is 6. The van der Waals surface area contributed by atoms with Gasteiger partial charge in [-0.3, -0.25) is 9.59 Å². The van der Waals surface area contributed by atoms with Crippen molar-refractivity contribution in [2.24, 2.45) is 11.3 Å². The Morgan fingerprint density at radius 2 is 2.22 bits per heavy atom. The number of amides is 1. The van der Waals surface area contributed by atoms with Gasteiger partial charge in [-0.1, -0.05) is 13.8 Å². The molecule has 1 aliphatic heterocycles. The number of hydrogen-bond donors (Lipinski definition) is 3. The van der Waals surface area contributed by atoms with Gasteiger partial charge in [0.2, 0.25) is 5.91 Å². The number of nitrogens with one attached hydrogen (secondary N) is 2. The van der Waals surface area contributed by atoms with E-state index in [4.69, 9.17) is 4.74 Å². The lowest BCUT2D eigenvalue weighted by molar-refractivity contribution is -0.149. The second-order valence-electron chi connectivity index (χ2n) is 5.01. The highest BCUT2D eigenvalue weighted by Gasteiger charge is 2.47. The van der Waals surface area contributed by atoms with Gasteiger partial charge < -0.3 is 20.5 Å². The van der Waals surface area contributed by atoms with Crippen LogP contribution in [0.15, 0.2) is 0 Å². The zero-order valence-corrected chi connectivity index (χ0v) is 11.2. The van der Waals surface area contributed by atoms with E-state index in [0.717, 1.165) is 6.54 Å². The van der Waals surface area contributed by atoms with Crippen molar-refractivity contribution in [1.29, 1.82) is 0 Å². The summed E-state index contributed by atoms with van der Waals surface area (Å²) in [5, 5.41) is 15.1. The van der Waals surface area contributed by atoms with Crippen molar-refractivity contribution in [3.63, 3.8) is 0 Å². The first-order chi connectivity index (χ1) is 8.41. The van der Waals surface area contributed by atoms with Gasteiger partial charge in [0, 0.05) is 12.5 Å². The van der Waals surface area contributed by atoms with Crippen molar-refractivity contribution in [3.05, 3.63) is 0 Å². The van der Waals surface area contributed by atoms with Crippen molar-refractivity contribution in [1.82, 2.24) is 10.6 Å². The Morgan fingerprint density at radius 3 is 2.78 bits per heavy atom. The minimum atomic E-state index is -1.03. The van der Waals surface area contributed by atoms with Crippen LogP contribution in [0.25, 0.3) is 0 Å². The SMILES string of the molecule is CCNCC(C)C(=O)NC1COCC1(C)C(=O)O. The van der Waals surface area contributed by atoms with Crippen molar-refractivity contribution < 1.29 is 19.4 Å². The molecule has 0 aromatic carbocycles. The average molecular weight is 258 g/mol. The highest BCUT2D eigenvalue weighted by Crippen LogP contribution is 2.28. The van der Waals surface area contributed by atoms with Crippen molar-refractivity contribution in [2.45, 2.75) is 26.8 Å². The zero-order valence-electron chi connectivity index (χ0n) is 11.2. The molecule has 6 nitrogen and oxygen atoms in total. The summed E-state index contributed by atoms with van der Waals surface area (Å²) < 4.78 is 5.18. The van der Waals surface area contributed by atoms with E-state index in [1.807, 2.05) is 13.8 Å². The number of carbonyl (C=O) groups is 2. The molecule has 0 saturated carbocycles. The van der Waals surface area contributed by atoms with Crippen LogP contribution in [-0.2, 0) is 14.3 Å². The normalized spacial score (nSPS) is 28.9. The molecule has 0 aromatic heterocycles. The fourth-order valence-corrected chi connectivity index (χ4v) is 1.85. The molecule has 0 bridgehead atoms. The van der Waals surface area contributed by atoms with E-state index in [2.05, 4.69) is 10.6 Å². The van der Waals surface area contributed by atoms with Crippen LogP contribution >= 0.6 is 0 Å². The minimum absolute atomic E-state index is 0.134. The van der Waals surface area contributed by atoms with Crippen LogP contribution < -0.4 is 10.6 Å². The fraction of sp³-hybridized carbons (Fsp3) is 0.833. The smallest absolute Gasteiger partial charge is 0.313 e. The van der Waals surface area contributed by atoms with E-state index in [1.165, 1.54) is 0 Å². The molecule has 1 rings (SSSR count). The number of carbonyl (C=O) groups excluding carboxylic acids is 1. The lowest BCUT2D eigenvalue weighted by Crippen LogP contribution is -2.51. The molecule has 1 heterocycles. The van der Waals surface area contributed by atoms with Crippen LogP contribution in [0.5, 0.6) is 0 Å². The Kier molecular flexibility index (Phi) is 5.10. The number of aliphatic carboxylic acids is 1. The molecule has 18 heavy (non-hydrogen) atoms. The number of carboxylic acids is 1. The number of carboxylic acid groups (broad SMARTS) is 1. The van der Waals surface area contributed by atoms with E-state index in [9.17, 15) is 14.7 Å². The first-order valence-corrected chi connectivity index (χ1v) is 6.24. The van der Waals surface area contributed by atoms with Crippen LogP contribution in [0, 0.1) is 11.3 Å².